The Hall–Kier alpha value is -1.76. The highest BCUT2D eigenvalue weighted by Crippen LogP contribution is 2.26. The zero-order chi connectivity index (χ0) is 16.3. The number of likely N-dealkylation sites (tertiary alicyclic amines) is 1. The Morgan fingerprint density at radius 3 is 2.50 bits per heavy atom. The normalized spacial score (nSPS) is 16.4. The summed E-state index contributed by atoms with van der Waals surface area (Å²) < 4.78 is 30.7. The molecule has 1 fully saturated rings. The summed E-state index contributed by atoms with van der Waals surface area (Å²) in [4.78, 5) is 14.3. The SMILES string of the molecule is COc1cccc(N([C@H](C)C(=O)N2CCCC2)S(C)(=O)=O)c1. The van der Waals surface area contributed by atoms with Crippen molar-refractivity contribution in [2.45, 2.75) is 25.8 Å². The number of rotatable bonds is 5. The molecule has 0 spiro atoms. The summed E-state index contributed by atoms with van der Waals surface area (Å²) in [6.45, 7) is 3.01. The highest BCUT2D eigenvalue weighted by Gasteiger charge is 2.33. The van der Waals surface area contributed by atoms with Crippen LogP contribution in [0.3, 0.4) is 0 Å². The minimum atomic E-state index is -3.59. The lowest BCUT2D eigenvalue weighted by Gasteiger charge is -2.31. The van der Waals surface area contributed by atoms with Gasteiger partial charge in [0.1, 0.15) is 11.8 Å². The highest BCUT2D eigenvalue weighted by atomic mass is 32.2. The summed E-state index contributed by atoms with van der Waals surface area (Å²) in [6.07, 6.45) is 3.05. The molecule has 1 aliphatic rings. The van der Waals surface area contributed by atoms with Gasteiger partial charge in [0.25, 0.3) is 0 Å². The molecule has 6 nitrogen and oxygen atoms in total. The van der Waals surface area contributed by atoms with Crippen LogP contribution in [0.25, 0.3) is 0 Å². The predicted molar refractivity (Wildman–Crippen MR) is 85.6 cm³/mol. The second-order valence-corrected chi connectivity index (χ2v) is 7.33. The summed E-state index contributed by atoms with van der Waals surface area (Å²) >= 11 is 0. The van der Waals surface area contributed by atoms with Crippen molar-refractivity contribution in [1.29, 1.82) is 0 Å². The van der Waals surface area contributed by atoms with Gasteiger partial charge in [-0.05, 0) is 31.9 Å². The molecule has 0 aliphatic carbocycles. The molecule has 0 radical (unpaired) electrons. The van der Waals surface area contributed by atoms with Crippen molar-refractivity contribution >= 4 is 21.6 Å². The second-order valence-electron chi connectivity index (χ2n) is 5.47. The van der Waals surface area contributed by atoms with E-state index in [9.17, 15) is 13.2 Å². The summed E-state index contributed by atoms with van der Waals surface area (Å²) in [5.74, 6) is 0.387. The number of benzene rings is 1. The standard InChI is InChI=1S/C15H22N2O4S/c1-12(15(18)16-9-4-5-10-16)17(22(3,19)20)13-7-6-8-14(11-13)21-2/h6-8,11-12H,4-5,9-10H2,1-3H3/t12-/m1/s1. The van der Waals surface area contributed by atoms with Gasteiger partial charge in [-0.2, -0.15) is 0 Å². The number of anilines is 1. The minimum Gasteiger partial charge on any atom is -0.497 e. The zero-order valence-electron chi connectivity index (χ0n) is 13.2. The number of hydrogen-bond acceptors (Lipinski definition) is 4. The average molecular weight is 326 g/mol. The third-order valence-electron chi connectivity index (χ3n) is 3.79. The van der Waals surface area contributed by atoms with E-state index in [2.05, 4.69) is 0 Å². The topological polar surface area (TPSA) is 66.9 Å². The van der Waals surface area contributed by atoms with E-state index < -0.39 is 16.1 Å². The Labute approximate surface area is 131 Å². The molecule has 2 rings (SSSR count). The van der Waals surface area contributed by atoms with Gasteiger partial charge in [0.2, 0.25) is 15.9 Å². The third-order valence-corrected chi connectivity index (χ3v) is 5.03. The first-order chi connectivity index (χ1) is 10.3. The van der Waals surface area contributed by atoms with Crippen LogP contribution >= 0.6 is 0 Å². The van der Waals surface area contributed by atoms with Crippen molar-refractivity contribution in [3.8, 4) is 5.75 Å². The summed E-state index contributed by atoms with van der Waals surface area (Å²) in [7, 11) is -2.07. The number of methoxy groups -OCH3 is 1. The van der Waals surface area contributed by atoms with Crippen LogP contribution in [0.4, 0.5) is 5.69 Å². The van der Waals surface area contributed by atoms with Crippen molar-refractivity contribution in [2.75, 3.05) is 30.8 Å². The molecule has 122 valence electrons. The Kier molecular flexibility index (Phi) is 4.95. The Balaban J connectivity index is 2.35. The number of sulfonamides is 1. The number of carbonyl (C=O) groups excluding carboxylic acids is 1. The molecule has 1 amide bonds. The van der Waals surface area contributed by atoms with Gasteiger partial charge in [0, 0.05) is 19.2 Å². The molecule has 1 aromatic rings. The van der Waals surface area contributed by atoms with Crippen LogP contribution in [0, 0.1) is 0 Å². The number of nitrogens with zero attached hydrogens (tertiary/aromatic N) is 2. The highest BCUT2D eigenvalue weighted by molar-refractivity contribution is 7.92. The van der Waals surface area contributed by atoms with Crippen LogP contribution in [0.15, 0.2) is 24.3 Å². The van der Waals surface area contributed by atoms with E-state index in [4.69, 9.17) is 4.74 Å². The fourth-order valence-corrected chi connectivity index (χ4v) is 3.91. The molecular formula is C15H22N2O4S. The predicted octanol–water partition coefficient (Wildman–Crippen LogP) is 1.47. The van der Waals surface area contributed by atoms with E-state index in [0.29, 0.717) is 24.5 Å². The number of ether oxygens (including phenoxy) is 1. The van der Waals surface area contributed by atoms with Crippen molar-refractivity contribution in [1.82, 2.24) is 4.90 Å². The summed E-state index contributed by atoms with van der Waals surface area (Å²) in [6, 6.07) is 5.95. The molecule has 1 atom stereocenters. The Morgan fingerprint density at radius 2 is 1.95 bits per heavy atom. The maximum atomic E-state index is 12.5. The maximum Gasteiger partial charge on any atom is 0.246 e. The molecular weight excluding hydrogens is 304 g/mol. The summed E-state index contributed by atoms with van der Waals surface area (Å²) in [5.41, 5.74) is 0.432. The van der Waals surface area contributed by atoms with Crippen LogP contribution in [0.5, 0.6) is 5.75 Å². The third kappa shape index (κ3) is 3.52. The van der Waals surface area contributed by atoms with Gasteiger partial charge in [-0.25, -0.2) is 8.42 Å². The van der Waals surface area contributed by atoms with Crippen molar-refractivity contribution in [3.63, 3.8) is 0 Å². The molecule has 0 aromatic heterocycles. The van der Waals surface area contributed by atoms with Gasteiger partial charge in [0.15, 0.2) is 0 Å². The van der Waals surface area contributed by atoms with Gasteiger partial charge in [-0.3, -0.25) is 9.10 Å². The first-order valence-electron chi connectivity index (χ1n) is 7.27. The minimum absolute atomic E-state index is 0.161. The maximum absolute atomic E-state index is 12.5. The molecule has 0 saturated carbocycles. The lowest BCUT2D eigenvalue weighted by Crippen LogP contribution is -2.48. The van der Waals surface area contributed by atoms with E-state index >= 15 is 0 Å². The van der Waals surface area contributed by atoms with Gasteiger partial charge >= 0.3 is 0 Å². The van der Waals surface area contributed by atoms with E-state index in [1.54, 1.807) is 36.1 Å². The molecule has 1 heterocycles. The second kappa shape index (κ2) is 6.56. The van der Waals surface area contributed by atoms with Crippen LogP contribution in [-0.2, 0) is 14.8 Å². The van der Waals surface area contributed by atoms with Gasteiger partial charge in [0.05, 0.1) is 19.1 Å². The first-order valence-corrected chi connectivity index (χ1v) is 9.11. The largest absolute Gasteiger partial charge is 0.497 e. The zero-order valence-corrected chi connectivity index (χ0v) is 14.0. The van der Waals surface area contributed by atoms with E-state index in [1.165, 1.54) is 7.11 Å². The molecule has 1 aliphatic heterocycles. The van der Waals surface area contributed by atoms with Crippen LogP contribution < -0.4 is 9.04 Å². The van der Waals surface area contributed by atoms with Crippen LogP contribution in [-0.4, -0.2) is 51.7 Å². The fraction of sp³-hybridized carbons (Fsp3) is 0.533. The quantitative estimate of drug-likeness (QED) is 0.822. The van der Waals surface area contributed by atoms with E-state index in [1.807, 2.05) is 0 Å². The van der Waals surface area contributed by atoms with Gasteiger partial charge < -0.3 is 9.64 Å². The lowest BCUT2D eigenvalue weighted by molar-refractivity contribution is -0.130. The molecule has 0 bridgehead atoms. The Morgan fingerprint density at radius 1 is 1.32 bits per heavy atom. The molecule has 22 heavy (non-hydrogen) atoms. The van der Waals surface area contributed by atoms with Crippen LogP contribution in [0.2, 0.25) is 0 Å². The van der Waals surface area contributed by atoms with Crippen LogP contribution in [0.1, 0.15) is 19.8 Å². The van der Waals surface area contributed by atoms with E-state index in [0.717, 1.165) is 23.4 Å². The average Bonchev–Trinajstić information content (AvgIpc) is 2.99. The molecule has 1 saturated heterocycles. The lowest BCUT2D eigenvalue weighted by atomic mass is 10.2. The number of carbonyl (C=O) groups is 1. The molecule has 0 unspecified atom stereocenters. The first kappa shape index (κ1) is 16.6. The fourth-order valence-electron chi connectivity index (χ4n) is 2.75. The molecule has 0 N–H and O–H groups in total. The van der Waals surface area contributed by atoms with Crippen molar-refractivity contribution in [3.05, 3.63) is 24.3 Å². The number of amides is 1. The van der Waals surface area contributed by atoms with Crippen molar-refractivity contribution in [2.24, 2.45) is 0 Å². The number of hydrogen-bond donors (Lipinski definition) is 0. The summed E-state index contributed by atoms with van der Waals surface area (Å²) in [5, 5.41) is 0. The molecule has 7 heteroatoms. The van der Waals surface area contributed by atoms with E-state index in [-0.39, 0.29) is 5.91 Å². The molecule has 1 aromatic carbocycles. The van der Waals surface area contributed by atoms with Crippen molar-refractivity contribution < 1.29 is 17.9 Å². The Bertz CT molecular complexity index is 639. The smallest absolute Gasteiger partial charge is 0.246 e. The van der Waals surface area contributed by atoms with Gasteiger partial charge in [-0.1, -0.05) is 6.07 Å². The monoisotopic (exact) mass is 326 g/mol. The van der Waals surface area contributed by atoms with Gasteiger partial charge in [-0.15, -0.1) is 0 Å².